The number of ether oxygens (including phenoxy) is 1. The maximum absolute atomic E-state index is 13.7. The highest BCUT2D eigenvalue weighted by atomic mass is 35.5. The molecule has 194 valence electrons. The maximum Gasteiger partial charge on any atom is 0.325 e. The van der Waals surface area contributed by atoms with Gasteiger partial charge in [-0.1, -0.05) is 89.9 Å². The minimum atomic E-state index is -0.492. The number of aliphatic hydroxyl groups is 1. The fraction of sp³-hybridized carbons (Fsp3) is 0.310. The lowest BCUT2D eigenvalue weighted by Crippen LogP contribution is -2.44. The molecule has 8 heteroatoms. The Morgan fingerprint density at radius 2 is 1.68 bits per heavy atom. The van der Waals surface area contributed by atoms with Gasteiger partial charge in [-0.3, -0.25) is 14.5 Å². The number of aliphatic hydroxyl groups excluding tert-OH is 1. The van der Waals surface area contributed by atoms with E-state index in [-0.39, 0.29) is 25.5 Å². The Morgan fingerprint density at radius 1 is 0.973 bits per heavy atom. The summed E-state index contributed by atoms with van der Waals surface area (Å²) >= 11 is 12.2. The van der Waals surface area contributed by atoms with Crippen molar-refractivity contribution >= 4 is 35.1 Å². The summed E-state index contributed by atoms with van der Waals surface area (Å²) in [7, 11) is 0. The molecule has 1 N–H and O–H groups in total. The first-order valence-corrected chi connectivity index (χ1v) is 13.0. The van der Waals surface area contributed by atoms with Crippen LogP contribution < -0.4 is 0 Å². The number of β-amino-alcohol motifs (C(OH)–C–C–N with tert-alkyl or cyclic N) is 1. The molecule has 1 aliphatic heterocycles. The number of nitrogens with zero attached hydrogens (tertiary/aromatic N) is 2. The fourth-order valence-corrected chi connectivity index (χ4v) is 4.82. The largest absolute Gasteiger partial charge is 0.459 e. The zero-order valence-electron chi connectivity index (χ0n) is 20.4. The van der Waals surface area contributed by atoms with Crippen LogP contribution in [0.2, 0.25) is 10.0 Å². The lowest BCUT2D eigenvalue weighted by Gasteiger charge is -2.34. The summed E-state index contributed by atoms with van der Waals surface area (Å²) in [6.07, 6.45) is 0.333. The Balaban J connectivity index is 1.58. The van der Waals surface area contributed by atoms with E-state index in [1.807, 2.05) is 60.7 Å². The van der Waals surface area contributed by atoms with Crippen molar-refractivity contribution in [3.63, 3.8) is 0 Å². The number of halogens is 2. The third kappa shape index (κ3) is 7.79. The van der Waals surface area contributed by atoms with Crippen LogP contribution in [0, 0.1) is 0 Å². The van der Waals surface area contributed by atoms with Gasteiger partial charge in [0.15, 0.2) is 0 Å². The number of benzene rings is 3. The molecule has 1 aliphatic rings. The van der Waals surface area contributed by atoms with Crippen molar-refractivity contribution in [2.75, 3.05) is 26.2 Å². The standard InChI is InChI=1S/C29H30Cl2N2O4/c30-25-12-11-22(15-26(25)31)16-28(35)33(19-29(36)37-20-21-7-3-1-4-8-21)27(23-9-5-2-6-10-23)18-32-14-13-24(34)17-32/h1-12,15,24,27,34H,13-14,16-20H2. The number of esters is 1. The van der Waals surface area contributed by atoms with Crippen molar-refractivity contribution in [2.24, 2.45) is 0 Å². The molecule has 0 saturated carbocycles. The molecule has 6 nitrogen and oxygen atoms in total. The van der Waals surface area contributed by atoms with Crippen LogP contribution in [0.5, 0.6) is 0 Å². The summed E-state index contributed by atoms with van der Waals surface area (Å²) in [5.74, 6) is -0.725. The van der Waals surface area contributed by atoms with Gasteiger partial charge in [0.25, 0.3) is 0 Å². The van der Waals surface area contributed by atoms with Crippen LogP contribution in [-0.2, 0) is 27.4 Å². The van der Waals surface area contributed by atoms with Gasteiger partial charge in [0.05, 0.1) is 28.6 Å². The Bertz CT molecular complexity index is 1190. The normalized spacial score (nSPS) is 16.4. The molecule has 1 heterocycles. The van der Waals surface area contributed by atoms with E-state index in [1.165, 1.54) is 0 Å². The van der Waals surface area contributed by atoms with E-state index in [4.69, 9.17) is 27.9 Å². The molecular weight excluding hydrogens is 511 g/mol. The Labute approximate surface area is 227 Å². The predicted molar refractivity (Wildman–Crippen MR) is 144 cm³/mol. The van der Waals surface area contributed by atoms with E-state index in [1.54, 1.807) is 23.1 Å². The molecule has 1 amide bonds. The van der Waals surface area contributed by atoms with E-state index in [0.29, 0.717) is 35.1 Å². The number of carbonyl (C=O) groups excluding carboxylic acids is 2. The minimum absolute atomic E-state index is 0.0504. The molecule has 0 bridgehead atoms. The number of carbonyl (C=O) groups is 2. The van der Waals surface area contributed by atoms with Crippen LogP contribution in [0.4, 0.5) is 0 Å². The van der Waals surface area contributed by atoms with Crippen molar-refractivity contribution in [3.05, 3.63) is 106 Å². The number of hydrogen-bond donors (Lipinski definition) is 1. The second-order valence-corrected chi connectivity index (χ2v) is 10.0. The molecule has 1 saturated heterocycles. The molecule has 37 heavy (non-hydrogen) atoms. The van der Waals surface area contributed by atoms with E-state index < -0.39 is 18.1 Å². The number of amides is 1. The molecule has 0 spiro atoms. The Hall–Kier alpha value is -2.90. The van der Waals surface area contributed by atoms with Crippen molar-refractivity contribution in [1.29, 1.82) is 0 Å². The molecule has 0 aromatic heterocycles. The summed E-state index contributed by atoms with van der Waals surface area (Å²) in [4.78, 5) is 30.4. The van der Waals surface area contributed by atoms with Gasteiger partial charge >= 0.3 is 5.97 Å². The molecule has 0 aliphatic carbocycles. The van der Waals surface area contributed by atoms with E-state index in [0.717, 1.165) is 17.7 Å². The van der Waals surface area contributed by atoms with E-state index in [2.05, 4.69) is 4.90 Å². The lowest BCUT2D eigenvalue weighted by atomic mass is 10.0. The average molecular weight is 541 g/mol. The van der Waals surface area contributed by atoms with E-state index >= 15 is 0 Å². The second kappa shape index (κ2) is 13.1. The van der Waals surface area contributed by atoms with Crippen molar-refractivity contribution in [1.82, 2.24) is 9.80 Å². The van der Waals surface area contributed by atoms with Gasteiger partial charge in [0, 0.05) is 19.6 Å². The topological polar surface area (TPSA) is 70.1 Å². The number of rotatable bonds is 10. The van der Waals surface area contributed by atoms with Crippen LogP contribution in [0.25, 0.3) is 0 Å². The van der Waals surface area contributed by atoms with Crippen molar-refractivity contribution in [2.45, 2.75) is 31.6 Å². The monoisotopic (exact) mass is 540 g/mol. The molecule has 0 radical (unpaired) electrons. The zero-order chi connectivity index (χ0) is 26.2. The summed E-state index contributed by atoms with van der Waals surface area (Å²) in [5.41, 5.74) is 2.47. The van der Waals surface area contributed by atoms with Crippen LogP contribution in [0.3, 0.4) is 0 Å². The van der Waals surface area contributed by atoms with Crippen molar-refractivity contribution in [3.8, 4) is 0 Å². The molecule has 2 unspecified atom stereocenters. The van der Waals surface area contributed by atoms with Crippen LogP contribution >= 0.6 is 23.2 Å². The summed E-state index contributed by atoms with van der Waals surface area (Å²) in [6.45, 7) is 1.65. The minimum Gasteiger partial charge on any atom is -0.459 e. The van der Waals surface area contributed by atoms with Crippen molar-refractivity contribution < 1.29 is 19.4 Å². The lowest BCUT2D eigenvalue weighted by molar-refractivity contribution is -0.152. The Kier molecular flexibility index (Phi) is 9.58. The predicted octanol–water partition coefficient (Wildman–Crippen LogP) is 4.92. The van der Waals surface area contributed by atoms with Gasteiger partial charge in [-0.25, -0.2) is 0 Å². The first-order valence-electron chi connectivity index (χ1n) is 12.3. The molecule has 3 aromatic rings. The SMILES string of the molecule is O=C(CN(C(=O)Cc1ccc(Cl)c(Cl)c1)C(CN1CCC(O)C1)c1ccccc1)OCc1ccccc1. The van der Waals surface area contributed by atoms with Gasteiger partial charge < -0.3 is 14.7 Å². The molecule has 4 rings (SSSR count). The highest BCUT2D eigenvalue weighted by Crippen LogP contribution is 2.27. The van der Waals surface area contributed by atoms with Gasteiger partial charge in [0.2, 0.25) is 5.91 Å². The van der Waals surface area contributed by atoms with Gasteiger partial charge in [-0.2, -0.15) is 0 Å². The molecule has 3 aromatic carbocycles. The molecular formula is C29H30Cl2N2O4. The van der Waals surface area contributed by atoms with Gasteiger partial charge in [0.1, 0.15) is 13.2 Å². The van der Waals surface area contributed by atoms with Crippen LogP contribution in [-0.4, -0.2) is 59.1 Å². The smallest absolute Gasteiger partial charge is 0.325 e. The van der Waals surface area contributed by atoms with Gasteiger partial charge in [-0.05, 0) is 35.2 Å². The fourth-order valence-electron chi connectivity index (χ4n) is 4.50. The highest BCUT2D eigenvalue weighted by molar-refractivity contribution is 6.42. The first-order chi connectivity index (χ1) is 17.9. The third-order valence-electron chi connectivity index (χ3n) is 6.44. The Morgan fingerprint density at radius 3 is 2.32 bits per heavy atom. The molecule has 1 fully saturated rings. The van der Waals surface area contributed by atoms with Gasteiger partial charge in [-0.15, -0.1) is 0 Å². The number of likely N-dealkylation sites (tertiary alicyclic amines) is 1. The first kappa shape index (κ1) is 27.1. The highest BCUT2D eigenvalue weighted by Gasteiger charge is 2.31. The second-order valence-electron chi connectivity index (χ2n) is 9.22. The summed E-state index contributed by atoms with van der Waals surface area (Å²) < 4.78 is 5.54. The van der Waals surface area contributed by atoms with Crippen LogP contribution in [0.15, 0.2) is 78.9 Å². The summed E-state index contributed by atoms with van der Waals surface area (Å²) in [5, 5.41) is 10.9. The number of hydrogen-bond acceptors (Lipinski definition) is 5. The summed E-state index contributed by atoms with van der Waals surface area (Å²) in [6, 6.07) is 23.7. The molecule has 2 atom stereocenters. The quantitative estimate of drug-likeness (QED) is 0.370. The van der Waals surface area contributed by atoms with Crippen LogP contribution in [0.1, 0.15) is 29.2 Å². The van der Waals surface area contributed by atoms with E-state index in [9.17, 15) is 14.7 Å². The average Bonchev–Trinajstić information content (AvgIpc) is 3.32. The maximum atomic E-state index is 13.7. The zero-order valence-corrected chi connectivity index (χ0v) is 21.9. The third-order valence-corrected chi connectivity index (χ3v) is 7.18.